The van der Waals surface area contributed by atoms with Crippen molar-refractivity contribution in [2.24, 2.45) is 11.3 Å². The molecule has 28 heavy (non-hydrogen) atoms. The van der Waals surface area contributed by atoms with Gasteiger partial charge in [-0.25, -0.2) is 9.67 Å². The van der Waals surface area contributed by atoms with Crippen LogP contribution in [0.3, 0.4) is 0 Å². The highest BCUT2D eigenvalue weighted by Gasteiger charge is 2.42. The van der Waals surface area contributed by atoms with Gasteiger partial charge >= 0.3 is 0 Å². The summed E-state index contributed by atoms with van der Waals surface area (Å²) in [5.41, 5.74) is 2.07. The number of hydrogen-bond acceptors (Lipinski definition) is 5. The molecule has 0 aliphatic heterocycles. The average molecular weight is 385 g/mol. The van der Waals surface area contributed by atoms with Crippen LogP contribution in [-0.4, -0.2) is 38.4 Å². The van der Waals surface area contributed by atoms with E-state index in [0.29, 0.717) is 28.1 Å². The predicted molar refractivity (Wildman–Crippen MR) is 102 cm³/mol. The van der Waals surface area contributed by atoms with E-state index in [4.69, 9.17) is 0 Å². The predicted octanol–water partition coefficient (Wildman–Crippen LogP) is 1.48. The molecule has 2 N–H and O–H groups in total. The third kappa shape index (κ3) is 3.15. The standard InChI is InChI=1S/C20H27N5O3/c1-20(2,3)15(11-26)22-19(27)17-14-7-5-12-4-6-13(12)18(14)25(23-17)16-10-24(28)9-8-21-16/h8-10,12-13,15,26H,4-7,11H2,1-3H3,(H,22,27)/t12?,13?,15-/m1/s1. The lowest BCUT2D eigenvalue weighted by atomic mass is 9.65. The number of fused-ring (bicyclic) bond motifs is 3. The fourth-order valence-corrected chi connectivity index (χ4v) is 4.29. The Bertz CT molecular complexity index is 902. The Kier molecular flexibility index (Phi) is 4.61. The maximum absolute atomic E-state index is 13.1. The second kappa shape index (κ2) is 6.84. The zero-order valence-electron chi connectivity index (χ0n) is 16.6. The normalized spacial score (nSPS) is 22.0. The molecule has 0 radical (unpaired) electrons. The molecular formula is C20H27N5O3. The first-order chi connectivity index (χ1) is 13.3. The Morgan fingerprint density at radius 1 is 1.43 bits per heavy atom. The van der Waals surface area contributed by atoms with Gasteiger partial charge in [0.15, 0.2) is 11.9 Å². The molecule has 3 atom stereocenters. The molecule has 8 heteroatoms. The van der Waals surface area contributed by atoms with Crippen molar-refractivity contribution in [2.45, 2.75) is 58.4 Å². The lowest BCUT2D eigenvalue weighted by Gasteiger charge is -2.40. The van der Waals surface area contributed by atoms with Gasteiger partial charge in [-0.3, -0.25) is 4.79 Å². The molecule has 4 rings (SSSR count). The van der Waals surface area contributed by atoms with E-state index in [1.165, 1.54) is 25.0 Å². The van der Waals surface area contributed by atoms with Crippen molar-refractivity contribution in [3.05, 3.63) is 40.7 Å². The van der Waals surface area contributed by atoms with Crippen molar-refractivity contribution in [1.29, 1.82) is 0 Å². The van der Waals surface area contributed by atoms with E-state index in [1.807, 2.05) is 20.8 Å². The summed E-state index contributed by atoms with van der Waals surface area (Å²) in [7, 11) is 0. The van der Waals surface area contributed by atoms with Crippen LogP contribution in [0.1, 0.15) is 67.7 Å². The van der Waals surface area contributed by atoms with Crippen molar-refractivity contribution < 1.29 is 14.6 Å². The highest BCUT2D eigenvalue weighted by molar-refractivity contribution is 5.94. The molecule has 2 unspecified atom stereocenters. The maximum atomic E-state index is 13.1. The van der Waals surface area contributed by atoms with Gasteiger partial charge in [0.2, 0.25) is 12.0 Å². The van der Waals surface area contributed by atoms with Crippen molar-refractivity contribution >= 4 is 5.91 Å². The van der Waals surface area contributed by atoms with E-state index in [1.54, 1.807) is 4.68 Å². The SMILES string of the molecule is CC(C)(C)[C@@H](CO)NC(=O)c1nn(-c2c[n+]([O-])ccn2)c2c1CCC1CCC21. The summed E-state index contributed by atoms with van der Waals surface area (Å²) in [5, 5.41) is 29.0. The smallest absolute Gasteiger partial charge is 0.272 e. The van der Waals surface area contributed by atoms with Crippen LogP contribution in [-0.2, 0) is 6.42 Å². The number of nitrogens with zero attached hydrogens (tertiary/aromatic N) is 4. The minimum Gasteiger partial charge on any atom is -0.619 e. The van der Waals surface area contributed by atoms with Crippen LogP contribution in [0.25, 0.3) is 5.82 Å². The van der Waals surface area contributed by atoms with Crippen molar-refractivity contribution in [1.82, 2.24) is 20.1 Å². The first-order valence-electron chi connectivity index (χ1n) is 9.88. The first-order valence-corrected chi connectivity index (χ1v) is 9.88. The molecule has 2 aliphatic rings. The largest absolute Gasteiger partial charge is 0.619 e. The molecule has 2 aromatic rings. The quantitative estimate of drug-likeness (QED) is 0.612. The van der Waals surface area contributed by atoms with Gasteiger partial charge in [0.1, 0.15) is 0 Å². The molecule has 0 saturated heterocycles. The van der Waals surface area contributed by atoms with Crippen LogP contribution in [0.2, 0.25) is 0 Å². The van der Waals surface area contributed by atoms with Crippen molar-refractivity contribution in [3.63, 3.8) is 0 Å². The van der Waals surface area contributed by atoms with E-state index in [-0.39, 0.29) is 24.0 Å². The molecule has 2 aromatic heterocycles. The summed E-state index contributed by atoms with van der Waals surface area (Å²) in [5.74, 6) is 1.11. The van der Waals surface area contributed by atoms with Gasteiger partial charge in [-0.1, -0.05) is 20.8 Å². The Morgan fingerprint density at radius 3 is 2.82 bits per heavy atom. The average Bonchev–Trinajstić information content (AvgIpc) is 2.97. The maximum Gasteiger partial charge on any atom is 0.272 e. The van der Waals surface area contributed by atoms with E-state index < -0.39 is 0 Å². The minimum atomic E-state index is -0.375. The summed E-state index contributed by atoms with van der Waals surface area (Å²) < 4.78 is 2.37. The van der Waals surface area contributed by atoms with Gasteiger partial charge in [0.25, 0.3) is 5.91 Å². The van der Waals surface area contributed by atoms with Gasteiger partial charge in [0.05, 0.1) is 24.5 Å². The van der Waals surface area contributed by atoms with Crippen molar-refractivity contribution in [3.8, 4) is 5.82 Å². The Morgan fingerprint density at radius 2 is 2.21 bits per heavy atom. The summed E-state index contributed by atoms with van der Waals surface area (Å²) in [6, 6.07) is -0.375. The number of carbonyl (C=O) groups excluding carboxylic acids is 1. The number of carbonyl (C=O) groups is 1. The van der Waals surface area contributed by atoms with Gasteiger partial charge in [-0.05, 0) is 37.0 Å². The lowest BCUT2D eigenvalue weighted by Crippen LogP contribution is -2.46. The number of amides is 1. The number of aliphatic hydroxyl groups is 1. The van der Waals surface area contributed by atoms with Gasteiger partial charge in [-0.15, -0.1) is 0 Å². The summed E-state index contributed by atoms with van der Waals surface area (Å²) in [6.45, 7) is 5.78. The molecule has 1 saturated carbocycles. The monoisotopic (exact) mass is 385 g/mol. The second-order valence-corrected chi connectivity index (χ2v) is 8.96. The Labute approximate surface area is 164 Å². The van der Waals surface area contributed by atoms with Gasteiger partial charge in [-0.2, -0.15) is 9.83 Å². The van der Waals surface area contributed by atoms with E-state index in [9.17, 15) is 15.1 Å². The highest BCUT2D eigenvalue weighted by Crippen LogP contribution is 2.50. The molecule has 0 spiro atoms. The minimum absolute atomic E-state index is 0.140. The second-order valence-electron chi connectivity index (χ2n) is 8.96. The molecule has 1 fully saturated rings. The fraction of sp³-hybridized carbons (Fsp3) is 0.600. The molecule has 150 valence electrons. The van der Waals surface area contributed by atoms with Crippen LogP contribution >= 0.6 is 0 Å². The van der Waals surface area contributed by atoms with Crippen LogP contribution in [0, 0.1) is 16.5 Å². The molecule has 1 amide bonds. The molecule has 8 nitrogen and oxygen atoms in total. The van der Waals surface area contributed by atoms with Crippen LogP contribution in [0.4, 0.5) is 0 Å². The molecule has 2 aliphatic carbocycles. The van der Waals surface area contributed by atoms with Crippen LogP contribution in [0.15, 0.2) is 18.6 Å². The first kappa shape index (κ1) is 18.9. The molecule has 0 aromatic carbocycles. The molecular weight excluding hydrogens is 358 g/mol. The number of hydrogen-bond donors (Lipinski definition) is 2. The fourth-order valence-electron chi connectivity index (χ4n) is 4.29. The third-order valence-electron chi connectivity index (χ3n) is 6.19. The number of aromatic nitrogens is 4. The Hall–Kier alpha value is -2.48. The number of nitrogens with one attached hydrogen (secondary N) is 1. The zero-order chi connectivity index (χ0) is 20.1. The van der Waals surface area contributed by atoms with E-state index in [2.05, 4.69) is 15.4 Å². The summed E-state index contributed by atoms with van der Waals surface area (Å²) in [6.07, 6.45) is 8.25. The lowest BCUT2D eigenvalue weighted by molar-refractivity contribution is -0.605. The summed E-state index contributed by atoms with van der Waals surface area (Å²) in [4.78, 5) is 17.4. The highest BCUT2D eigenvalue weighted by atomic mass is 16.5. The van der Waals surface area contributed by atoms with E-state index >= 15 is 0 Å². The topological polar surface area (TPSA) is 107 Å². The van der Waals surface area contributed by atoms with Crippen LogP contribution in [0.5, 0.6) is 0 Å². The molecule has 2 heterocycles. The summed E-state index contributed by atoms with van der Waals surface area (Å²) >= 11 is 0. The molecule has 0 bridgehead atoms. The van der Waals surface area contributed by atoms with Gasteiger partial charge in [0, 0.05) is 11.5 Å². The third-order valence-corrected chi connectivity index (χ3v) is 6.19. The van der Waals surface area contributed by atoms with Gasteiger partial charge < -0.3 is 15.6 Å². The van der Waals surface area contributed by atoms with Crippen LogP contribution < -0.4 is 10.0 Å². The number of aliphatic hydroxyl groups excluding tert-OH is 1. The zero-order valence-corrected chi connectivity index (χ0v) is 16.6. The number of rotatable bonds is 4. The van der Waals surface area contributed by atoms with Crippen molar-refractivity contribution in [2.75, 3.05) is 6.61 Å². The Balaban J connectivity index is 1.76. The van der Waals surface area contributed by atoms with E-state index in [0.717, 1.165) is 30.5 Å².